The Bertz CT molecular complexity index is 1040. The highest BCUT2D eigenvalue weighted by Gasteiger charge is 2.28. The van der Waals surface area contributed by atoms with Crippen LogP contribution in [-0.2, 0) is 19.6 Å². The zero-order valence-corrected chi connectivity index (χ0v) is 26.8. The molecule has 1 aromatic carbocycles. The summed E-state index contributed by atoms with van der Waals surface area (Å²) in [6.07, 6.45) is 29.1. The average Bonchev–Trinajstić information content (AvgIpc) is 2.97. The topological polar surface area (TPSA) is 107 Å². The van der Waals surface area contributed by atoms with E-state index in [1.54, 1.807) is 12.2 Å². The average molecular weight is 607 g/mol. The first kappa shape index (κ1) is 37.6. The van der Waals surface area contributed by atoms with Gasteiger partial charge in [-0.25, -0.2) is 9.59 Å². The van der Waals surface area contributed by atoms with E-state index in [2.05, 4.69) is 13.8 Å². The fourth-order valence-corrected chi connectivity index (χ4v) is 5.45. The zero-order valence-electron chi connectivity index (χ0n) is 26.0. The molecule has 0 aliphatic rings. The van der Waals surface area contributed by atoms with Gasteiger partial charge in [0.25, 0.3) is 10.1 Å². The van der Waals surface area contributed by atoms with Crippen molar-refractivity contribution < 1.29 is 32.0 Å². The van der Waals surface area contributed by atoms with Crippen LogP contribution in [-0.4, -0.2) is 24.9 Å². The summed E-state index contributed by atoms with van der Waals surface area (Å²) in [7, 11) is -4.79. The number of ether oxygens (including phenoxy) is 2. The largest absolute Gasteiger partial charge is 0.431 e. The SMILES string of the molecule is CCCCCCCCCCC/C=C/OC(=O)c1cccc(S(=O)(=O)O)c1C(=O)O/C=C/CCCCCCCCCCC. The van der Waals surface area contributed by atoms with E-state index in [-0.39, 0.29) is 5.56 Å². The molecule has 0 amide bonds. The molecular weight excluding hydrogens is 552 g/mol. The van der Waals surface area contributed by atoms with Crippen LogP contribution in [0.2, 0.25) is 0 Å². The van der Waals surface area contributed by atoms with Crippen LogP contribution in [0.3, 0.4) is 0 Å². The van der Waals surface area contributed by atoms with Gasteiger partial charge in [0.15, 0.2) is 0 Å². The van der Waals surface area contributed by atoms with Crippen molar-refractivity contribution in [2.24, 2.45) is 0 Å². The smallest absolute Gasteiger partial charge is 0.345 e. The Morgan fingerprint density at radius 1 is 0.643 bits per heavy atom. The van der Waals surface area contributed by atoms with E-state index in [0.717, 1.165) is 38.2 Å². The molecule has 1 N–H and O–H groups in total. The van der Waals surface area contributed by atoms with Gasteiger partial charge >= 0.3 is 11.9 Å². The van der Waals surface area contributed by atoms with Crippen molar-refractivity contribution in [1.29, 1.82) is 0 Å². The molecule has 0 aromatic heterocycles. The molecule has 42 heavy (non-hydrogen) atoms. The predicted octanol–water partition coefficient (Wildman–Crippen LogP) is 10.1. The van der Waals surface area contributed by atoms with Crippen molar-refractivity contribution >= 4 is 22.1 Å². The van der Waals surface area contributed by atoms with Crippen molar-refractivity contribution in [3.63, 3.8) is 0 Å². The highest BCUT2D eigenvalue weighted by Crippen LogP contribution is 2.22. The van der Waals surface area contributed by atoms with E-state index in [4.69, 9.17) is 9.47 Å². The molecule has 0 saturated heterocycles. The summed E-state index contributed by atoms with van der Waals surface area (Å²) in [6.45, 7) is 4.43. The summed E-state index contributed by atoms with van der Waals surface area (Å²) < 4.78 is 43.9. The first-order valence-corrected chi connectivity index (χ1v) is 17.6. The summed E-state index contributed by atoms with van der Waals surface area (Å²) in [5.74, 6) is -1.97. The highest BCUT2D eigenvalue weighted by molar-refractivity contribution is 7.86. The Labute approximate surface area is 254 Å². The molecule has 8 heteroatoms. The molecule has 0 saturated carbocycles. The maximum atomic E-state index is 12.8. The van der Waals surface area contributed by atoms with Gasteiger partial charge in [-0.2, -0.15) is 8.42 Å². The van der Waals surface area contributed by atoms with E-state index in [1.165, 1.54) is 115 Å². The van der Waals surface area contributed by atoms with Crippen LogP contribution < -0.4 is 0 Å². The molecule has 7 nitrogen and oxygen atoms in total. The molecule has 238 valence electrons. The highest BCUT2D eigenvalue weighted by atomic mass is 32.2. The molecular formula is C34H54O7S. The van der Waals surface area contributed by atoms with Crippen molar-refractivity contribution in [2.75, 3.05) is 0 Å². The minimum Gasteiger partial charge on any atom is -0.431 e. The lowest BCUT2D eigenvalue weighted by atomic mass is 10.1. The summed E-state index contributed by atoms with van der Waals surface area (Å²) in [6, 6.07) is 3.59. The van der Waals surface area contributed by atoms with Crippen molar-refractivity contribution in [3.05, 3.63) is 54.0 Å². The van der Waals surface area contributed by atoms with Crippen LogP contribution in [0.15, 0.2) is 47.8 Å². The summed E-state index contributed by atoms with van der Waals surface area (Å²) in [4.78, 5) is 24.8. The molecule has 0 unspecified atom stereocenters. The van der Waals surface area contributed by atoms with E-state index < -0.39 is 32.5 Å². The van der Waals surface area contributed by atoms with Crippen LogP contribution >= 0.6 is 0 Å². The van der Waals surface area contributed by atoms with Gasteiger partial charge in [-0.3, -0.25) is 4.55 Å². The van der Waals surface area contributed by atoms with E-state index >= 15 is 0 Å². The normalized spacial score (nSPS) is 11.9. The van der Waals surface area contributed by atoms with Crippen molar-refractivity contribution in [2.45, 2.75) is 147 Å². The minimum absolute atomic E-state index is 0.296. The Morgan fingerprint density at radius 3 is 1.48 bits per heavy atom. The lowest BCUT2D eigenvalue weighted by Crippen LogP contribution is -2.16. The maximum Gasteiger partial charge on any atom is 0.345 e. The second-order valence-electron chi connectivity index (χ2n) is 10.9. The minimum atomic E-state index is -4.79. The zero-order chi connectivity index (χ0) is 30.9. The molecule has 0 spiro atoms. The summed E-state index contributed by atoms with van der Waals surface area (Å²) in [5.41, 5.74) is -0.847. The van der Waals surface area contributed by atoms with Gasteiger partial charge in [0.05, 0.1) is 23.7 Å². The second kappa shape index (κ2) is 24.0. The molecule has 1 rings (SSSR count). The van der Waals surface area contributed by atoms with Crippen LogP contribution in [0.25, 0.3) is 0 Å². The van der Waals surface area contributed by atoms with E-state index in [1.807, 2.05) is 0 Å². The Kier molecular flexibility index (Phi) is 21.5. The quantitative estimate of drug-likeness (QED) is 0.0510. The molecule has 1 aromatic rings. The number of hydrogen-bond acceptors (Lipinski definition) is 6. The van der Waals surface area contributed by atoms with Crippen LogP contribution in [0.1, 0.15) is 163 Å². The number of esters is 2. The van der Waals surface area contributed by atoms with E-state index in [0.29, 0.717) is 6.42 Å². The first-order chi connectivity index (χ1) is 20.3. The number of carbonyl (C=O) groups excluding carboxylic acids is 2. The summed E-state index contributed by atoms with van der Waals surface area (Å²) >= 11 is 0. The third-order valence-electron chi connectivity index (χ3n) is 7.22. The van der Waals surface area contributed by atoms with Gasteiger partial charge in [-0.15, -0.1) is 0 Å². The number of hydrogen-bond donors (Lipinski definition) is 1. The number of carbonyl (C=O) groups is 2. The molecule has 0 heterocycles. The van der Waals surface area contributed by atoms with Gasteiger partial charge in [0.1, 0.15) is 4.90 Å². The second-order valence-corrected chi connectivity index (χ2v) is 12.3. The third kappa shape index (κ3) is 17.5. The van der Waals surface area contributed by atoms with Crippen LogP contribution in [0, 0.1) is 0 Å². The Hall–Kier alpha value is -2.45. The van der Waals surface area contributed by atoms with Gasteiger partial charge in [-0.1, -0.05) is 123 Å². The lowest BCUT2D eigenvalue weighted by Gasteiger charge is -2.10. The number of unbranched alkanes of at least 4 members (excludes halogenated alkanes) is 18. The maximum absolute atomic E-state index is 12.8. The molecule has 0 atom stereocenters. The van der Waals surface area contributed by atoms with E-state index in [9.17, 15) is 22.6 Å². The molecule has 0 aliphatic heterocycles. The lowest BCUT2D eigenvalue weighted by molar-refractivity contribution is 0.0614. The van der Waals surface area contributed by atoms with Gasteiger partial charge in [-0.05, 0) is 50.0 Å². The van der Waals surface area contributed by atoms with Gasteiger partial charge in [0.2, 0.25) is 0 Å². The molecule has 0 bridgehead atoms. The fourth-order valence-electron chi connectivity index (χ4n) is 4.75. The molecule has 0 fully saturated rings. The first-order valence-electron chi connectivity index (χ1n) is 16.1. The number of rotatable bonds is 25. The predicted molar refractivity (Wildman–Crippen MR) is 169 cm³/mol. The monoisotopic (exact) mass is 606 g/mol. The van der Waals surface area contributed by atoms with Gasteiger partial charge in [0, 0.05) is 0 Å². The number of benzene rings is 1. The Morgan fingerprint density at radius 2 is 1.05 bits per heavy atom. The van der Waals surface area contributed by atoms with Crippen molar-refractivity contribution in [1.82, 2.24) is 0 Å². The van der Waals surface area contributed by atoms with Crippen LogP contribution in [0.5, 0.6) is 0 Å². The molecule has 0 aliphatic carbocycles. The molecule has 0 radical (unpaired) electrons. The fraction of sp³-hybridized carbons (Fsp3) is 0.647. The van der Waals surface area contributed by atoms with Crippen molar-refractivity contribution in [3.8, 4) is 0 Å². The third-order valence-corrected chi connectivity index (χ3v) is 8.12. The van der Waals surface area contributed by atoms with Crippen LogP contribution in [0.4, 0.5) is 0 Å². The number of allylic oxidation sites excluding steroid dienone is 2. The standard InChI is InChI=1S/C34H54O7S/c1-3-5-7-9-11-13-15-17-19-21-23-28-40-33(35)30-26-25-27-31(42(37,38)39)32(30)34(36)41-29-24-22-20-18-16-14-12-10-8-6-4-2/h23-29H,3-22H2,1-2H3,(H,37,38,39)/b28-23+,29-24+. The Balaban J connectivity index is 2.54. The summed E-state index contributed by atoms with van der Waals surface area (Å²) in [5, 5.41) is 0. The van der Waals surface area contributed by atoms with Gasteiger partial charge < -0.3 is 9.47 Å².